The molecule has 2 nitrogen and oxygen atoms in total. The van der Waals surface area contributed by atoms with Gasteiger partial charge >= 0.3 is 0 Å². The van der Waals surface area contributed by atoms with Crippen LogP contribution < -0.4 is 4.90 Å². The second-order valence-electron chi connectivity index (χ2n) is 19.1. The number of nitrogens with zero attached hydrogens (tertiary/aromatic N) is 1. The van der Waals surface area contributed by atoms with Crippen LogP contribution in [0, 0.1) is 0 Å². The van der Waals surface area contributed by atoms with Crippen LogP contribution in [0.2, 0.25) is 0 Å². The van der Waals surface area contributed by atoms with E-state index in [0.29, 0.717) is 0 Å². The van der Waals surface area contributed by atoms with E-state index in [4.69, 9.17) is 4.42 Å². The molecule has 0 saturated heterocycles. The lowest BCUT2D eigenvalue weighted by atomic mass is 9.67. The molecule has 0 amide bonds. The van der Waals surface area contributed by atoms with Gasteiger partial charge in [0.25, 0.3) is 0 Å². The molecule has 1 aliphatic carbocycles. The highest BCUT2D eigenvalue weighted by molar-refractivity contribution is 6.16. The summed E-state index contributed by atoms with van der Waals surface area (Å²) in [6.45, 7) is 0. The second-order valence-corrected chi connectivity index (χ2v) is 19.1. The molecule has 0 atom stereocenters. The van der Waals surface area contributed by atoms with Crippen molar-refractivity contribution in [2.24, 2.45) is 0 Å². The van der Waals surface area contributed by atoms with Crippen LogP contribution in [-0.4, -0.2) is 0 Å². The molecule has 12 aromatic carbocycles. The van der Waals surface area contributed by atoms with E-state index in [9.17, 15) is 0 Å². The minimum atomic E-state index is -0.564. The molecular weight excluding hydrogens is 883 g/mol. The molecule has 2 heteroatoms. The Morgan fingerprint density at radius 1 is 0.288 bits per heavy atom. The predicted molar refractivity (Wildman–Crippen MR) is 305 cm³/mol. The van der Waals surface area contributed by atoms with Crippen molar-refractivity contribution in [2.45, 2.75) is 5.41 Å². The van der Waals surface area contributed by atoms with Gasteiger partial charge in [-0.1, -0.05) is 231 Å². The first-order chi connectivity index (χ1) is 36.2. The lowest BCUT2D eigenvalue weighted by Crippen LogP contribution is -2.28. The van der Waals surface area contributed by atoms with Crippen molar-refractivity contribution in [3.05, 3.63) is 307 Å². The van der Waals surface area contributed by atoms with E-state index in [2.05, 4.69) is 290 Å². The third kappa shape index (κ3) is 6.94. The molecule has 1 heterocycles. The van der Waals surface area contributed by atoms with E-state index in [1.54, 1.807) is 0 Å². The number of hydrogen-bond acceptors (Lipinski definition) is 2. The van der Waals surface area contributed by atoms with E-state index in [-0.39, 0.29) is 0 Å². The van der Waals surface area contributed by atoms with Crippen molar-refractivity contribution in [3.8, 4) is 55.6 Å². The fourth-order valence-electron chi connectivity index (χ4n) is 11.9. The van der Waals surface area contributed by atoms with Gasteiger partial charge in [0, 0.05) is 27.7 Å². The molecule has 0 spiro atoms. The highest BCUT2D eigenvalue weighted by Gasteiger charge is 2.46. The van der Waals surface area contributed by atoms with Crippen molar-refractivity contribution in [1.82, 2.24) is 0 Å². The molecule has 1 aliphatic rings. The molecule has 0 radical (unpaired) electrons. The van der Waals surface area contributed by atoms with Crippen LogP contribution in [0.15, 0.2) is 290 Å². The fourth-order valence-corrected chi connectivity index (χ4v) is 11.9. The van der Waals surface area contributed by atoms with Crippen LogP contribution in [0.1, 0.15) is 22.3 Å². The van der Waals surface area contributed by atoms with E-state index >= 15 is 0 Å². The maximum absolute atomic E-state index is 6.69. The Hall–Kier alpha value is -9.50. The summed E-state index contributed by atoms with van der Waals surface area (Å²) in [5.41, 5.74) is 21.2. The maximum atomic E-state index is 6.69. The largest absolute Gasteiger partial charge is 0.456 e. The van der Waals surface area contributed by atoms with Gasteiger partial charge in [-0.25, -0.2) is 0 Å². The summed E-state index contributed by atoms with van der Waals surface area (Å²) in [4.78, 5) is 2.47. The number of anilines is 3. The smallest absolute Gasteiger partial charge is 0.136 e. The van der Waals surface area contributed by atoms with E-state index in [0.717, 1.165) is 66.6 Å². The van der Waals surface area contributed by atoms with Gasteiger partial charge in [0.1, 0.15) is 11.2 Å². The third-order valence-corrected chi connectivity index (χ3v) is 15.1. The highest BCUT2D eigenvalue weighted by Crippen LogP contribution is 2.58. The summed E-state index contributed by atoms with van der Waals surface area (Å²) in [6, 6.07) is 104. The van der Waals surface area contributed by atoms with Gasteiger partial charge in [0.05, 0.1) is 11.1 Å². The monoisotopic (exact) mass is 929 g/mol. The SMILES string of the molecule is c1ccc(-c2ccc(-c3ccc(N(c4ccc5c(c4)C(c4ccccc4)(c4ccccc4)c4ccccc4-5)c4ccccc4-c4cccc5oc6cc7ccccc7cc6c45)cc3)cc2-c2ccccc2)cc1. The lowest BCUT2D eigenvalue weighted by molar-refractivity contribution is 0.669. The predicted octanol–water partition coefficient (Wildman–Crippen LogP) is 19.2. The Morgan fingerprint density at radius 3 is 1.53 bits per heavy atom. The number of furan rings is 1. The van der Waals surface area contributed by atoms with Crippen molar-refractivity contribution < 1.29 is 4.42 Å². The van der Waals surface area contributed by atoms with Gasteiger partial charge in [-0.3, -0.25) is 0 Å². The highest BCUT2D eigenvalue weighted by atomic mass is 16.3. The topological polar surface area (TPSA) is 16.4 Å². The summed E-state index contributed by atoms with van der Waals surface area (Å²) < 4.78 is 6.69. The van der Waals surface area contributed by atoms with Crippen LogP contribution in [0.3, 0.4) is 0 Å². The van der Waals surface area contributed by atoms with Gasteiger partial charge in [-0.2, -0.15) is 0 Å². The van der Waals surface area contributed by atoms with Crippen LogP contribution >= 0.6 is 0 Å². The quantitative estimate of drug-likeness (QED) is 0.143. The third-order valence-electron chi connectivity index (χ3n) is 15.1. The fraction of sp³-hybridized carbons (Fsp3) is 0.0141. The molecule has 73 heavy (non-hydrogen) atoms. The molecule has 0 aliphatic heterocycles. The van der Waals surface area contributed by atoms with Gasteiger partial charge in [0.15, 0.2) is 0 Å². The number of fused-ring (bicyclic) bond motifs is 7. The molecule has 0 unspecified atom stereocenters. The second kappa shape index (κ2) is 17.4. The lowest BCUT2D eigenvalue weighted by Gasteiger charge is -2.35. The number of para-hydroxylation sites is 1. The van der Waals surface area contributed by atoms with Gasteiger partial charge in [0.2, 0.25) is 0 Å². The van der Waals surface area contributed by atoms with Crippen LogP contribution in [0.25, 0.3) is 88.3 Å². The molecule has 1 aromatic heterocycles. The average Bonchev–Trinajstić information content (AvgIpc) is 3.98. The van der Waals surface area contributed by atoms with E-state index in [1.165, 1.54) is 61.0 Å². The molecule has 342 valence electrons. The minimum Gasteiger partial charge on any atom is -0.456 e. The van der Waals surface area contributed by atoms with Gasteiger partial charge in [-0.15, -0.1) is 0 Å². The van der Waals surface area contributed by atoms with Crippen LogP contribution in [0.5, 0.6) is 0 Å². The van der Waals surface area contributed by atoms with E-state index < -0.39 is 5.41 Å². The summed E-state index contributed by atoms with van der Waals surface area (Å²) in [6.07, 6.45) is 0. The first-order valence-corrected chi connectivity index (χ1v) is 25.2. The number of benzene rings is 12. The van der Waals surface area contributed by atoms with Crippen LogP contribution in [0.4, 0.5) is 17.1 Å². The van der Waals surface area contributed by atoms with Crippen LogP contribution in [-0.2, 0) is 5.41 Å². The van der Waals surface area contributed by atoms with Gasteiger partial charge in [-0.05, 0) is 138 Å². The number of rotatable bonds is 9. The van der Waals surface area contributed by atoms with Crippen molar-refractivity contribution >= 4 is 49.8 Å². The summed E-state index contributed by atoms with van der Waals surface area (Å²) in [7, 11) is 0. The Morgan fingerprint density at radius 2 is 0.822 bits per heavy atom. The zero-order valence-corrected chi connectivity index (χ0v) is 40.0. The van der Waals surface area contributed by atoms with Crippen molar-refractivity contribution in [1.29, 1.82) is 0 Å². The van der Waals surface area contributed by atoms with Crippen molar-refractivity contribution in [2.75, 3.05) is 4.90 Å². The minimum absolute atomic E-state index is 0.564. The van der Waals surface area contributed by atoms with Crippen molar-refractivity contribution in [3.63, 3.8) is 0 Å². The average molecular weight is 930 g/mol. The Kier molecular flexibility index (Phi) is 10.1. The molecule has 0 bridgehead atoms. The summed E-state index contributed by atoms with van der Waals surface area (Å²) in [5, 5.41) is 4.56. The molecule has 0 N–H and O–H groups in total. The molecule has 14 rings (SSSR count). The summed E-state index contributed by atoms with van der Waals surface area (Å²) >= 11 is 0. The molecule has 13 aromatic rings. The molecule has 0 saturated carbocycles. The molecular formula is C71H47NO. The first-order valence-electron chi connectivity index (χ1n) is 25.2. The Labute approximate surface area is 425 Å². The maximum Gasteiger partial charge on any atom is 0.136 e. The Balaban J connectivity index is 0.988. The van der Waals surface area contributed by atoms with Gasteiger partial charge < -0.3 is 9.32 Å². The number of hydrogen-bond donors (Lipinski definition) is 0. The normalized spacial score (nSPS) is 12.5. The summed E-state index contributed by atoms with van der Waals surface area (Å²) in [5.74, 6) is 0. The van der Waals surface area contributed by atoms with E-state index in [1.807, 2.05) is 0 Å². The first kappa shape index (κ1) is 42.4. The standard InChI is InChI=1S/C71H47NO/c1-5-20-49(21-6-1)58-42-38-53(44-63(58)50-22-7-2-8-23-50)48-36-39-56(40-37-48)72(67-34-18-16-31-61(67)62-32-19-35-68-70(62)64-45-51-24-13-14-25-52(51)46-69(64)73-68)57-41-43-60-59-30-15-17-33-65(59)71(66(60)47-57,54-26-9-3-10-27-54)55-28-11-4-12-29-55/h1-47H. The zero-order valence-electron chi connectivity index (χ0n) is 40.0. The molecule has 0 fully saturated rings. The Bertz CT molecular complexity index is 4140. The zero-order chi connectivity index (χ0) is 48.3.